The Morgan fingerprint density at radius 2 is 1.95 bits per heavy atom. The van der Waals surface area contributed by atoms with Gasteiger partial charge in [-0.2, -0.15) is 0 Å². The van der Waals surface area contributed by atoms with Crippen LogP contribution in [0.15, 0.2) is 36.7 Å². The Labute approximate surface area is 121 Å². The summed E-state index contributed by atoms with van der Waals surface area (Å²) in [5.41, 5.74) is 1.38. The van der Waals surface area contributed by atoms with Crippen LogP contribution >= 0.6 is 23.2 Å². The van der Waals surface area contributed by atoms with E-state index in [2.05, 4.69) is 4.98 Å². The van der Waals surface area contributed by atoms with Crippen molar-refractivity contribution >= 4 is 23.2 Å². The standard InChI is InChI=1S/C14H13Cl2NO2/c1-19-14-8-17-6-5-9(14)13(18)7-10-11(15)3-2-4-12(10)16/h2-6,8,13,18H,7H2,1H3. The van der Waals surface area contributed by atoms with E-state index < -0.39 is 6.10 Å². The normalized spacial score (nSPS) is 12.2. The van der Waals surface area contributed by atoms with E-state index in [4.69, 9.17) is 27.9 Å². The van der Waals surface area contributed by atoms with E-state index in [1.54, 1.807) is 36.7 Å². The fraction of sp³-hybridized carbons (Fsp3) is 0.214. The van der Waals surface area contributed by atoms with Crippen LogP contribution in [0.1, 0.15) is 17.2 Å². The fourth-order valence-corrected chi connectivity index (χ4v) is 2.42. The molecule has 0 saturated carbocycles. The van der Waals surface area contributed by atoms with Gasteiger partial charge in [-0.25, -0.2) is 0 Å². The highest BCUT2D eigenvalue weighted by molar-refractivity contribution is 6.36. The van der Waals surface area contributed by atoms with Gasteiger partial charge in [0, 0.05) is 28.2 Å². The van der Waals surface area contributed by atoms with Crippen molar-refractivity contribution in [2.45, 2.75) is 12.5 Å². The van der Waals surface area contributed by atoms with Gasteiger partial charge in [0.1, 0.15) is 5.75 Å². The van der Waals surface area contributed by atoms with Crippen LogP contribution < -0.4 is 4.74 Å². The first-order valence-corrected chi connectivity index (χ1v) is 6.48. The number of nitrogens with zero attached hydrogens (tertiary/aromatic N) is 1. The van der Waals surface area contributed by atoms with Gasteiger partial charge in [0.2, 0.25) is 0 Å². The minimum Gasteiger partial charge on any atom is -0.495 e. The van der Waals surface area contributed by atoms with E-state index in [1.807, 2.05) is 0 Å². The molecule has 1 unspecified atom stereocenters. The number of aliphatic hydroxyl groups excluding tert-OH is 1. The van der Waals surface area contributed by atoms with Crippen molar-refractivity contribution in [3.63, 3.8) is 0 Å². The molecule has 0 saturated heterocycles. The number of ether oxygens (including phenoxy) is 1. The number of methoxy groups -OCH3 is 1. The third kappa shape index (κ3) is 3.18. The zero-order chi connectivity index (χ0) is 13.8. The molecule has 0 spiro atoms. The number of benzene rings is 1. The first-order valence-electron chi connectivity index (χ1n) is 5.72. The van der Waals surface area contributed by atoms with Crippen molar-refractivity contribution in [3.8, 4) is 5.75 Å². The van der Waals surface area contributed by atoms with Gasteiger partial charge in [-0.3, -0.25) is 4.98 Å². The molecule has 1 N–H and O–H groups in total. The Kier molecular flexibility index (Phi) is 4.64. The molecule has 3 nitrogen and oxygen atoms in total. The highest BCUT2D eigenvalue weighted by Crippen LogP contribution is 2.32. The van der Waals surface area contributed by atoms with Crippen LogP contribution in [-0.2, 0) is 6.42 Å². The highest BCUT2D eigenvalue weighted by atomic mass is 35.5. The molecule has 1 aromatic heterocycles. The summed E-state index contributed by atoms with van der Waals surface area (Å²) in [4.78, 5) is 3.95. The van der Waals surface area contributed by atoms with Crippen LogP contribution in [0.4, 0.5) is 0 Å². The molecule has 0 fully saturated rings. The van der Waals surface area contributed by atoms with Crippen LogP contribution in [0.25, 0.3) is 0 Å². The molecule has 1 heterocycles. The lowest BCUT2D eigenvalue weighted by Gasteiger charge is -2.15. The third-order valence-electron chi connectivity index (χ3n) is 2.85. The first kappa shape index (κ1) is 14.1. The average molecular weight is 298 g/mol. The Morgan fingerprint density at radius 3 is 2.58 bits per heavy atom. The lowest BCUT2D eigenvalue weighted by Crippen LogP contribution is -2.05. The van der Waals surface area contributed by atoms with Crippen molar-refractivity contribution in [1.82, 2.24) is 4.98 Å². The minimum atomic E-state index is -0.754. The number of rotatable bonds is 4. The maximum atomic E-state index is 10.3. The summed E-state index contributed by atoms with van der Waals surface area (Å²) in [6, 6.07) is 6.99. The minimum absolute atomic E-state index is 0.318. The molecular weight excluding hydrogens is 285 g/mol. The van der Waals surface area contributed by atoms with Crippen LogP contribution in [0, 0.1) is 0 Å². The summed E-state index contributed by atoms with van der Waals surface area (Å²) in [5, 5.41) is 11.4. The largest absolute Gasteiger partial charge is 0.495 e. The topological polar surface area (TPSA) is 42.4 Å². The molecule has 100 valence electrons. The second-order valence-corrected chi connectivity index (χ2v) is 4.85. The van der Waals surface area contributed by atoms with Crippen molar-refractivity contribution in [2.24, 2.45) is 0 Å². The maximum Gasteiger partial charge on any atom is 0.142 e. The zero-order valence-electron chi connectivity index (χ0n) is 10.3. The molecule has 0 amide bonds. The number of halogens is 2. The molecule has 0 aliphatic heterocycles. The number of hydrogen-bond acceptors (Lipinski definition) is 3. The van der Waals surface area contributed by atoms with Gasteiger partial charge in [0.15, 0.2) is 0 Å². The van der Waals surface area contributed by atoms with Crippen molar-refractivity contribution < 1.29 is 9.84 Å². The predicted octanol–water partition coefficient (Wildman–Crippen LogP) is 3.67. The van der Waals surface area contributed by atoms with E-state index in [0.29, 0.717) is 27.8 Å². The van der Waals surface area contributed by atoms with Gasteiger partial charge >= 0.3 is 0 Å². The van der Waals surface area contributed by atoms with Crippen LogP contribution in [0.2, 0.25) is 10.0 Å². The smallest absolute Gasteiger partial charge is 0.142 e. The molecule has 19 heavy (non-hydrogen) atoms. The van der Waals surface area contributed by atoms with E-state index in [0.717, 1.165) is 5.56 Å². The molecule has 2 aromatic rings. The average Bonchev–Trinajstić information content (AvgIpc) is 2.42. The molecule has 0 radical (unpaired) electrons. The summed E-state index contributed by atoms with van der Waals surface area (Å²) in [6.07, 6.45) is 2.73. The van der Waals surface area contributed by atoms with Crippen LogP contribution in [0.5, 0.6) is 5.75 Å². The molecule has 5 heteroatoms. The van der Waals surface area contributed by atoms with Gasteiger partial charge in [0.05, 0.1) is 19.4 Å². The van der Waals surface area contributed by atoms with Crippen molar-refractivity contribution in [3.05, 3.63) is 57.8 Å². The Morgan fingerprint density at radius 1 is 1.26 bits per heavy atom. The fourth-order valence-electron chi connectivity index (χ4n) is 1.87. The molecule has 0 aliphatic carbocycles. The van der Waals surface area contributed by atoms with E-state index in [9.17, 15) is 5.11 Å². The Hall–Kier alpha value is -1.29. The van der Waals surface area contributed by atoms with E-state index >= 15 is 0 Å². The first-order chi connectivity index (χ1) is 9.13. The Balaban J connectivity index is 2.28. The summed E-state index contributed by atoms with van der Waals surface area (Å²) >= 11 is 12.2. The summed E-state index contributed by atoms with van der Waals surface area (Å²) in [6.45, 7) is 0. The quantitative estimate of drug-likeness (QED) is 0.936. The van der Waals surface area contributed by atoms with Gasteiger partial charge in [-0.1, -0.05) is 29.3 Å². The number of aliphatic hydroxyl groups is 1. The third-order valence-corrected chi connectivity index (χ3v) is 3.56. The second-order valence-electron chi connectivity index (χ2n) is 4.04. The van der Waals surface area contributed by atoms with Gasteiger partial charge < -0.3 is 9.84 Å². The molecule has 1 atom stereocenters. The monoisotopic (exact) mass is 297 g/mol. The van der Waals surface area contributed by atoms with Crippen molar-refractivity contribution in [2.75, 3.05) is 7.11 Å². The number of pyridine rings is 1. The van der Waals surface area contributed by atoms with Gasteiger partial charge in [0.25, 0.3) is 0 Å². The number of hydrogen-bond donors (Lipinski definition) is 1. The second kappa shape index (κ2) is 6.24. The lowest BCUT2D eigenvalue weighted by molar-refractivity contribution is 0.174. The van der Waals surface area contributed by atoms with Crippen LogP contribution in [0.3, 0.4) is 0 Å². The van der Waals surface area contributed by atoms with Gasteiger partial charge in [-0.15, -0.1) is 0 Å². The van der Waals surface area contributed by atoms with E-state index in [-0.39, 0.29) is 0 Å². The summed E-state index contributed by atoms with van der Waals surface area (Å²) < 4.78 is 5.18. The molecule has 0 bridgehead atoms. The SMILES string of the molecule is COc1cnccc1C(O)Cc1c(Cl)cccc1Cl. The maximum absolute atomic E-state index is 10.3. The predicted molar refractivity (Wildman–Crippen MR) is 75.9 cm³/mol. The summed E-state index contributed by atoms with van der Waals surface area (Å²) in [5.74, 6) is 0.540. The lowest BCUT2D eigenvalue weighted by atomic mass is 10.0. The summed E-state index contributed by atoms with van der Waals surface area (Å²) in [7, 11) is 1.54. The zero-order valence-corrected chi connectivity index (χ0v) is 11.8. The molecular formula is C14H13Cl2NO2. The van der Waals surface area contributed by atoms with E-state index in [1.165, 1.54) is 7.11 Å². The van der Waals surface area contributed by atoms with Crippen LogP contribution in [-0.4, -0.2) is 17.2 Å². The van der Waals surface area contributed by atoms with Crippen molar-refractivity contribution in [1.29, 1.82) is 0 Å². The molecule has 1 aromatic carbocycles. The number of aromatic nitrogens is 1. The molecule has 2 rings (SSSR count). The highest BCUT2D eigenvalue weighted by Gasteiger charge is 2.17. The molecule has 0 aliphatic rings. The Bertz CT molecular complexity index is 555. The van der Waals surface area contributed by atoms with Gasteiger partial charge in [-0.05, 0) is 23.8 Å².